The molecule has 1 amide bonds. The second-order valence-electron chi connectivity index (χ2n) is 8.27. The zero-order chi connectivity index (χ0) is 26.0. The maximum atomic E-state index is 12.5. The van der Waals surface area contributed by atoms with Crippen molar-refractivity contribution in [1.82, 2.24) is 20.2 Å². The monoisotopic (exact) mass is 519 g/mol. The summed E-state index contributed by atoms with van der Waals surface area (Å²) in [5.41, 5.74) is 6.41. The molecule has 0 unspecified atom stereocenters. The first kappa shape index (κ1) is 25.0. The Bertz CT molecular complexity index is 1490. The number of para-hydroxylation sites is 1. The Morgan fingerprint density at radius 1 is 0.842 bits per heavy atom. The molecule has 0 spiro atoms. The van der Waals surface area contributed by atoms with E-state index in [1.165, 1.54) is 11.8 Å². The predicted molar refractivity (Wildman–Crippen MR) is 150 cm³/mol. The quantitative estimate of drug-likeness (QED) is 0.144. The van der Waals surface area contributed by atoms with Crippen molar-refractivity contribution >= 4 is 23.9 Å². The fraction of sp³-hybridized carbons (Fsp3) is 0.0667. The Morgan fingerprint density at radius 3 is 2.21 bits per heavy atom. The van der Waals surface area contributed by atoms with Gasteiger partial charge in [-0.25, -0.2) is 5.43 Å². The molecule has 0 aliphatic heterocycles. The maximum absolute atomic E-state index is 12.5. The highest BCUT2D eigenvalue weighted by molar-refractivity contribution is 7.99. The standard InChI is InChI=1S/C30H25N5O2S/c36-28(32-31-20-23-16-18-27(19-17-23)37-21-24-10-4-1-5-11-24)22-38-30-34-33-29(25-12-6-2-7-13-25)35(30)26-14-8-3-9-15-26/h1-20H,21-22H2,(H,32,36). The van der Waals surface area contributed by atoms with Crippen LogP contribution in [0.15, 0.2) is 126 Å². The summed E-state index contributed by atoms with van der Waals surface area (Å²) in [4.78, 5) is 12.5. The highest BCUT2D eigenvalue weighted by atomic mass is 32.2. The van der Waals surface area contributed by atoms with E-state index in [2.05, 4.69) is 20.7 Å². The SMILES string of the molecule is O=C(CSc1nnc(-c2ccccc2)n1-c1ccccc1)NN=Cc1ccc(OCc2ccccc2)cc1. The molecule has 7 nitrogen and oxygen atoms in total. The molecule has 0 radical (unpaired) electrons. The van der Waals surface area contributed by atoms with Crippen molar-refractivity contribution < 1.29 is 9.53 Å². The van der Waals surface area contributed by atoms with Crippen LogP contribution in [0, 0.1) is 0 Å². The van der Waals surface area contributed by atoms with Crippen molar-refractivity contribution in [3.8, 4) is 22.8 Å². The van der Waals surface area contributed by atoms with Gasteiger partial charge in [0.25, 0.3) is 5.91 Å². The van der Waals surface area contributed by atoms with Gasteiger partial charge in [-0.1, -0.05) is 90.6 Å². The molecule has 5 rings (SSSR count). The van der Waals surface area contributed by atoms with E-state index >= 15 is 0 Å². The van der Waals surface area contributed by atoms with Crippen molar-refractivity contribution in [3.05, 3.63) is 126 Å². The van der Waals surface area contributed by atoms with Gasteiger partial charge >= 0.3 is 0 Å². The Labute approximate surface area is 225 Å². The molecule has 0 atom stereocenters. The molecule has 1 aromatic heterocycles. The van der Waals surface area contributed by atoms with E-state index in [0.29, 0.717) is 17.6 Å². The van der Waals surface area contributed by atoms with Gasteiger partial charge in [0, 0.05) is 11.3 Å². The first-order chi connectivity index (χ1) is 18.8. The molecule has 0 saturated carbocycles. The summed E-state index contributed by atoms with van der Waals surface area (Å²) >= 11 is 1.30. The molecule has 0 aliphatic carbocycles. The third-order valence-corrected chi connectivity index (χ3v) is 6.47. The van der Waals surface area contributed by atoms with E-state index in [-0.39, 0.29) is 11.7 Å². The number of nitrogens with zero attached hydrogens (tertiary/aromatic N) is 4. The van der Waals surface area contributed by atoms with Crippen LogP contribution < -0.4 is 10.2 Å². The van der Waals surface area contributed by atoms with Gasteiger partial charge in [-0.3, -0.25) is 9.36 Å². The number of amides is 1. The van der Waals surface area contributed by atoms with Gasteiger partial charge in [-0.05, 0) is 47.5 Å². The maximum Gasteiger partial charge on any atom is 0.250 e. The van der Waals surface area contributed by atoms with E-state index in [1.54, 1.807) is 6.21 Å². The molecule has 0 bridgehead atoms. The van der Waals surface area contributed by atoms with E-state index in [1.807, 2.05) is 120 Å². The Morgan fingerprint density at radius 2 is 1.50 bits per heavy atom. The van der Waals surface area contributed by atoms with Crippen LogP contribution in [0.2, 0.25) is 0 Å². The van der Waals surface area contributed by atoms with Gasteiger partial charge in [0.15, 0.2) is 11.0 Å². The molecular formula is C30H25N5O2S. The van der Waals surface area contributed by atoms with Crippen molar-refractivity contribution in [1.29, 1.82) is 0 Å². The topological polar surface area (TPSA) is 81.4 Å². The number of carbonyl (C=O) groups excluding carboxylic acids is 1. The van der Waals surface area contributed by atoms with Crippen molar-refractivity contribution in [3.63, 3.8) is 0 Å². The fourth-order valence-electron chi connectivity index (χ4n) is 3.68. The zero-order valence-electron chi connectivity index (χ0n) is 20.5. The van der Waals surface area contributed by atoms with Gasteiger partial charge in [0.2, 0.25) is 0 Å². The summed E-state index contributed by atoms with van der Waals surface area (Å²) in [6, 6.07) is 37.2. The third-order valence-electron chi connectivity index (χ3n) is 5.54. The van der Waals surface area contributed by atoms with Crippen LogP contribution in [0.1, 0.15) is 11.1 Å². The molecular weight excluding hydrogens is 494 g/mol. The summed E-state index contributed by atoms with van der Waals surface area (Å²) in [5.74, 6) is 1.39. The largest absolute Gasteiger partial charge is 0.489 e. The van der Waals surface area contributed by atoms with Crippen LogP contribution in [0.5, 0.6) is 5.75 Å². The zero-order valence-corrected chi connectivity index (χ0v) is 21.3. The molecule has 0 aliphatic rings. The van der Waals surface area contributed by atoms with Crippen molar-refractivity contribution in [2.45, 2.75) is 11.8 Å². The van der Waals surface area contributed by atoms with E-state index in [0.717, 1.165) is 28.1 Å². The first-order valence-corrected chi connectivity index (χ1v) is 13.0. The summed E-state index contributed by atoms with van der Waals surface area (Å²) < 4.78 is 7.76. The van der Waals surface area contributed by atoms with Gasteiger partial charge < -0.3 is 4.74 Å². The predicted octanol–water partition coefficient (Wildman–Crippen LogP) is 5.76. The number of hydrazone groups is 1. The normalized spacial score (nSPS) is 10.9. The lowest BCUT2D eigenvalue weighted by atomic mass is 10.2. The average Bonchev–Trinajstić information content (AvgIpc) is 3.41. The minimum Gasteiger partial charge on any atom is -0.489 e. The molecule has 0 fully saturated rings. The minimum absolute atomic E-state index is 0.142. The Hall–Kier alpha value is -4.69. The number of nitrogens with one attached hydrogen (secondary N) is 1. The van der Waals surface area contributed by atoms with Gasteiger partial charge in [0.05, 0.1) is 12.0 Å². The number of aromatic nitrogens is 3. The van der Waals surface area contributed by atoms with Crippen LogP contribution in [0.4, 0.5) is 0 Å². The fourth-order valence-corrected chi connectivity index (χ4v) is 4.42. The van der Waals surface area contributed by atoms with Gasteiger partial charge in [-0.2, -0.15) is 5.10 Å². The van der Waals surface area contributed by atoms with Crippen LogP contribution >= 0.6 is 11.8 Å². The lowest BCUT2D eigenvalue weighted by Crippen LogP contribution is -2.20. The molecule has 38 heavy (non-hydrogen) atoms. The molecule has 1 heterocycles. The Kier molecular flexibility index (Phi) is 8.23. The van der Waals surface area contributed by atoms with E-state index < -0.39 is 0 Å². The van der Waals surface area contributed by atoms with Crippen LogP contribution in [-0.4, -0.2) is 32.6 Å². The second-order valence-corrected chi connectivity index (χ2v) is 9.21. The molecule has 4 aromatic carbocycles. The number of hydrogen-bond donors (Lipinski definition) is 1. The number of thioether (sulfide) groups is 1. The summed E-state index contributed by atoms with van der Waals surface area (Å²) in [5, 5.41) is 13.5. The number of benzene rings is 4. The number of ether oxygens (including phenoxy) is 1. The lowest BCUT2D eigenvalue weighted by molar-refractivity contribution is -0.118. The van der Waals surface area contributed by atoms with E-state index in [4.69, 9.17) is 4.74 Å². The van der Waals surface area contributed by atoms with Crippen LogP contribution in [0.25, 0.3) is 17.1 Å². The van der Waals surface area contributed by atoms with Crippen LogP contribution in [-0.2, 0) is 11.4 Å². The number of hydrogen-bond acceptors (Lipinski definition) is 6. The smallest absolute Gasteiger partial charge is 0.250 e. The highest BCUT2D eigenvalue weighted by Gasteiger charge is 2.17. The molecule has 8 heteroatoms. The number of carbonyl (C=O) groups is 1. The summed E-state index contributed by atoms with van der Waals surface area (Å²) in [6.07, 6.45) is 1.60. The minimum atomic E-state index is -0.238. The second kappa shape index (κ2) is 12.5. The third kappa shape index (κ3) is 6.54. The molecule has 188 valence electrons. The summed E-state index contributed by atoms with van der Waals surface area (Å²) in [7, 11) is 0. The first-order valence-electron chi connectivity index (χ1n) is 12.0. The summed E-state index contributed by atoms with van der Waals surface area (Å²) in [6.45, 7) is 0.507. The Balaban J connectivity index is 1.17. The average molecular weight is 520 g/mol. The lowest BCUT2D eigenvalue weighted by Gasteiger charge is -2.10. The molecule has 5 aromatic rings. The van der Waals surface area contributed by atoms with E-state index in [9.17, 15) is 4.79 Å². The number of rotatable bonds is 10. The highest BCUT2D eigenvalue weighted by Crippen LogP contribution is 2.27. The van der Waals surface area contributed by atoms with Gasteiger partial charge in [0.1, 0.15) is 12.4 Å². The van der Waals surface area contributed by atoms with Crippen LogP contribution in [0.3, 0.4) is 0 Å². The van der Waals surface area contributed by atoms with Crippen molar-refractivity contribution in [2.24, 2.45) is 5.10 Å². The van der Waals surface area contributed by atoms with Crippen molar-refractivity contribution in [2.75, 3.05) is 5.75 Å². The molecule has 1 N–H and O–H groups in total. The molecule has 0 saturated heterocycles. The van der Waals surface area contributed by atoms with Gasteiger partial charge in [-0.15, -0.1) is 10.2 Å².